The number of hydrogen-bond donors (Lipinski definition) is 0. The zero-order valence-corrected chi connectivity index (χ0v) is 15.9. The summed E-state index contributed by atoms with van der Waals surface area (Å²) < 4.78 is 59.5. The molecule has 0 bridgehead atoms. The summed E-state index contributed by atoms with van der Waals surface area (Å²) in [7, 11) is -9.05. The number of sulfone groups is 1. The average Bonchev–Trinajstić information content (AvgIpc) is 2.59. The Morgan fingerprint density at radius 2 is 1.57 bits per heavy atom. The number of aromatic nitrogens is 1. The van der Waals surface area contributed by atoms with Crippen LogP contribution in [0.15, 0.2) is 64.6 Å². The number of non-ortho nitro benzene ring substituents is 1. The number of rotatable bonds is 3. The van der Waals surface area contributed by atoms with Gasteiger partial charge < -0.3 is 9.11 Å². The quantitative estimate of drug-likeness (QED) is 0.254. The molecule has 28 heavy (non-hydrogen) atoms. The molecule has 0 aliphatic rings. The van der Waals surface area contributed by atoms with Gasteiger partial charge in [0, 0.05) is 40.3 Å². The van der Waals surface area contributed by atoms with Gasteiger partial charge in [0.2, 0.25) is 9.84 Å². The Bertz CT molecular complexity index is 1250. The second-order valence-corrected chi connectivity index (χ2v) is 8.31. The minimum Gasteiger partial charge on any atom is -0.759 e. The van der Waals surface area contributed by atoms with Gasteiger partial charge in [0.05, 0.1) is 19.7 Å². The lowest BCUT2D eigenvalue weighted by Crippen LogP contribution is -2.03. The summed E-state index contributed by atoms with van der Waals surface area (Å²) in [5.41, 5.74) is -0.267. The van der Waals surface area contributed by atoms with E-state index in [2.05, 4.69) is 4.98 Å². The predicted molar refractivity (Wildman–Crippen MR) is 95.8 cm³/mol. The second-order valence-electron chi connectivity index (χ2n) is 5.17. The van der Waals surface area contributed by atoms with Crippen LogP contribution in [0.3, 0.4) is 0 Å². The molecule has 2 aromatic carbocycles. The Kier molecular flexibility index (Phi) is 6.31. The van der Waals surface area contributed by atoms with Crippen molar-refractivity contribution < 1.29 is 30.9 Å². The maximum Gasteiger partial charge on any atom is 0.271 e. The predicted octanol–water partition coefficient (Wildman–Crippen LogP) is 2.29. The molecular weight excluding hydrogens is 436 g/mol. The highest BCUT2D eigenvalue weighted by molar-refractivity contribution is 7.91. The molecule has 0 saturated heterocycles. The van der Waals surface area contributed by atoms with Gasteiger partial charge in [0.25, 0.3) is 5.69 Å². The molecule has 0 radical (unpaired) electrons. The van der Waals surface area contributed by atoms with Crippen LogP contribution in [0.4, 0.5) is 5.69 Å². The highest BCUT2D eigenvalue weighted by Gasteiger charge is 2.23. The summed E-state index contributed by atoms with van der Waals surface area (Å²) in [6.45, 7) is 0. The van der Waals surface area contributed by atoms with Gasteiger partial charge >= 0.3 is 0 Å². The van der Waals surface area contributed by atoms with E-state index >= 15 is 0 Å². The number of pyridine rings is 1. The molecule has 3 aromatic rings. The Balaban J connectivity index is 0.000000500. The van der Waals surface area contributed by atoms with Crippen LogP contribution in [0.2, 0.25) is 5.02 Å². The zero-order valence-electron chi connectivity index (χ0n) is 13.6. The first-order valence-corrected chi connectivity index (χ1v) is 10.3. The Hall–Kier alpha value is -2.64. The van der Waals surface area contributed by atoms with Crippen LogP contribution in [-0.4, -0.2) is 35.8 Å². The summed E-state index contributed by atoms with van der Waals surface area (Å²) in [5, 5.41) is 12.1. The number of halogens is 1. The highest BCUT2D eigenvalue weighted by Crippen LogP contribution is 2.31. The van der Waals surface area contributed by atoms with E-state index in [1.54, 1.807) is 24.5 Å². The van der Waals surface area contributed by atoms with Gasteiger partial charge in [-0.15, -0.1) is 0 Å². The topological polar surface area (TPSA) is 170 Å². The number of benzene rings is 2. The van der Waals surface area contributed by atoms with Crippen LogP contribution < -0.4 is 0 Å². The zero-order chi connectivity index (χ0) is 21.1. The van der Waals surface area contributed by atoms with Gasteiger partial charge in [-0.25, -0.2) is 8.42 Å². The van der Waals surface area contributed by atoms with Gasteiger partial charge in [-0.3, -0.25) is 23.5 Å². The van der Waals surface area contributed by atoms with Crippen LogP contribution in [0.1, 0.15) is 0 Å². The number of hydrogen-bond acceptors (Lipinski definition) is 9. The fourth-order valence-electron chi connectivity index (χ4n) is 2.18. The lowest BCUT2D eigenvalue weighted by Gasteiger charge is -2.07. The first-order valence-electron chi connectivity index (χ1n) is 7.09. The van der Waals surface area contributed by atoms with E-state index in [0.717, 1.165) is 23.6 Å². The third-order valence-electron chi connectivity index (χ3n) is 3.34. The van der Waals surface area contributed by atoms with E-state index in [1.807, 2.05) is 0 Å². The van der Waals surface area contributed by atoms with Crippen molar-refractivity contribution in [3.63, 3.8) is 0 Å². The minimum absolute atomic E-state index is 0.0498. The normalized spacial score (nSPS) is 11.5. The Morgan fingerprint density at radius 3 is 2.14 bits per heavy atom. The van der Waals surface area contributed by atoms with E-state index in [0.29, 0.717) is 5.39 Å². The summed E-state index contributed by atoms with van der Waals surface area (Å²) in [6.07, 6.45) is 3.18. The third-order valence-corrected chi connectivity index (χ3v) is 5.57. The van der Waals surface area contributed by atoms with Crippen molar-refractivity contribution in [1.29, 1.82) is 0 Å². The van der Waals surface area contributed by atoms with Crippen LogP contribution >= 0.6 is 11.6 Å². The van der Waals surface area contributed by atoms with E-state index in [1.165, 1.54) is 12.1 Å². The van der Waals surface area contributed by atoms with Crippen molar-refractivity contribution in [2.45, 2.75) is 9.79 Å². The molecule has 1 heterocycles. The van der Waals surface area contributed by atoms with Crippen molar-refractivity contribution in [1.82, 2.24) is 4.98 Å². The molecule has 3 rings (SSSR count). The molecule has 0 fully saturated rings. The van der Waals surface area contributed by atoms with Gasteiger partial charge in [0.1, 0.15) is 0 Å². The smallest absolute Gasteiger partial charge is 0.271 e. The van der Waals surface area contributed by atoms with Gasteiger partial charge in [-0.05, 0) is 29.7 Å². The van der Waals surface area contributed by atoms with E-state index < -0.39 is 25.2 Å². The van der Waals surface area contributed by atoms with E-state index in [4.69, 9.17) is 29.1 Å². The molecule has 0 N–H and O–H groups in total. The summed E-state index contributed by atoms with van der Waals surface area (Å²) in [6, 6.07) is 9.68. The first kappa shape index (κ1) is 21.7. The summed E-state index contributed by atoms with van der Waals surface area (Å²) in [4.78, 5) is 13.9. The first-order chi connectivity index (χ1) is 12.9. The number of nitro benzene ring substituents is 1. The molecule has 148 valence electrons. The molecule has 0 unspecified atom stereocenters. The maximum atomic E-state index is 12.7. The highest BCUT2D eigenvalue weighted by atomic mass is 35.5. The second kappa shape index (κ2) is 8.16. The maximum absolute atomic E-state index is 12.7. The lowest BCUT2D eigenvalue weighted by atomic mass is 10.2. The van der Waals surface area contributed by atoms with Crippen molar-refractivity contribution in [3.8, 4) is 0 Å². The lowest BCUT2D eigenvalue weighted by molar-refractivity contribution is -0.384. The molecule has 0 aliphatic heterocycles. The molecule has 0 spiro atoms. The van der Waals surface area contributed by atoms with Crippen molar-refractivity contribution >= 4 is 48.3 Å². The molecule has 0 amide bonds. The SMILES string of the molecule is O=S(=O)([O-])[O-].O=[N+]([O-])c1ccc(S(=O)(=O)c2ccc3ccncc3c2)c(Cl)c1. The van der Waals surface area contributed by atoms with Crippen LogP contribution in [0.5, 0.6) is 0 Å². The standard InChI is InChI=1S/C15H9ClN2O4S.H2O4S/c16-14-8-12(18(19)20)2-4-15(14)23(21,22)13-3-1-10-5-6-17-9-11(10)7-13;1-5(2,3)4/h1-9H;(H2,1,2,3,4)/p-2. The summed E-state index contributed by atoms with van der Waals surface area (Å²) in [5.74, 6) is 0. The average molecular weight is 445 g/mol. The number of nitro groups is 1. The monoisotopic (exact) mass is 444 g/mol. The van der Waals surface area contributed by atoms with Gasteiger partial charge in [0.15, 0.2) is 0 Å². The molecule has 0 saturated carbocycles. The van der Waals surface area contributed by atoms with Crippen LogP contribution in [-0.2, 0) is 20.2 Å². The molecular formula is C15H9ClN2O8S2-2. The fraction of sp³-hybridized carbons (Fsp3) is 0. The van der Waals surface area contributed by atoms with E-state index in [9.17, 15) is 18.5 Å². The number of fused-ring (bicyclic) bond motifs is 1. The van der Waals surface area contributed by atoms with Crippen molar-refractivity contribution in [2.75, 3.05) is 0 Å². The van der Waals surface area contributed by atoms with Gasteiger partial charge in [-0.1, -0.05) is 17.7 Å². The van der Waals surface area contributed by atoms with Gasteiger partial charge in [-0.2, -0.15) is 0 Å². The summed E-state index contributed by atoms with van der Waals surface area (Å²) >= 11 is 5.93. The molecule has 0 atom stereocenters. The Morgan fingerprint density at radius 1 is 0.929 bits per heavy atom. The third kappa shape index (κ3) is 5.43. The largest absolute Gasteiger partial charge is 0.759 e. The molecule has 10 nitrogen and oxygen atoms in total. The van der Waals surface area contributed by atoms with E-state index in [-0.39, 0.29) is 20.5 Å². The molecule has 1 aromatic heterocycles. The molecule has 13 heteroatoms. The fourth-order valence-corrected chi connectivity index (χ4v) is 4.00. The molecule has 0 aliphatic carbocycles. The van der Waals surface area contributed by atoms with Crippen molar-refractivity contribution in [2.24, 2.45) is 0 Å². The Labute approximate surface area is 164 Å². The van der Waals surface area contributed by atoms with Crippen molar-refractivity contribution in [3.05, 3.63) is 70.0 Å². The minimum atomic E-state index is -5.17. The van der Waals surface area contributed by atoms with Crippen LogP contribution in [0.25, 0.3) is 10.8 Å². The van der Waals surface area contributed by atoms with Crippen LogP contribution in [0, 0.1) is 10.1 Å². The number of nitrogens with zero attached hydrogens (tertiary/aromatic N) is 2.